The van der Waals surface area contributed by atoms with Gasteiger partial charge < -0.3 is 10.1 Å². The molecule has 0 aliphatic carbocycles. The number of hydrogen-bond donors (Lipinski definition) is 2. The minimum atomic E-state index is -5.50. The molecule has 2 rings (SSSR count). The summed E-state index contributed by atoms with van der Waals surface area (Å²) in [7, 11) is -7.97. The lowest BCUT2D eigenvalue weighted by Crippen LogP contribution is -2.27. The van der Waals surface area contributed by atoms with Crippen molar-refractivity contribution in [1.29, 1.82) is 0 Å². The van der Waals surface area contributed by atoms with Crippen molar-refractivity contribution in [3.8, 4) is 0 Å². The van der Waals surface area contributed by atoms with Crippen molar-refractivity contribution in [2.45, 2.75) is 15.3 Å². The number of halogens is 3. The summed E-state index contributed by atoms with van der Waals surface area (Å²) in [6, 6.07) is 8.48. The largest absolute Gasteiger partial charge is 0.501 e. The van der Waals surface area contributed by atoms with Gasteiger partial charge in [-0.3, -0.25) is 4.79 Å². The Labute approximate surface area is 171 Å². The summed E-state index contributed by atoms with van der Waals surface area (Å²) < 4.78 is 91.9. The number of alkyl halides is 3. The molecule has 2 N–H and O–H groups in total. The third kappa shape index (κ3) is 5.56. The van der Waals surface area contributed by atoms with Gasteiger partial charge in [0.15, 0.2) is 0 Å². The van der Waals surface area contributed by atoms with Gasteiger partial charge in [0.2, 0.25) is 10.0 Å². The fraction of sp³-hybridized carbons (Fsp3) is 0.235. The first-order valence-corrected chi connectivity index (χ1v) is 11.2. The van der Waals surface area contributed by atoms with Crippen LogP contribution >= 0.6 is 0 Å². The predicted octanol–water partition coefficient (Wildman–Crippen LogP) is 2.16. The SMILES string of the molecule is COCCNS(=O)(=O)c1cccc(C(=O)Nc2ccc(S(=O)(=O)C(F)(F)F)cc2)c1. The number of sulfonamides is 1. The Bertz CT molecular complexity index is 1110. The van der Waals surface area contributed by atoms with E-state index in [2.05, 4.69) is 10.0 Å². The van der Waals surface area contributed by atoms with Crippen molar-refractivity contribution in [1.82, 2.24) is 4.72 Å². The third-order valence-electron chi connectivity index (χ3n) is 3.73. The molecule has 8 nitrogen and oxygen atoms in total. The maximum absolute atomic E-state index is 12.6. The quantitative estimate of drug-likeness (QED) is 0.576. The summed E-state index contributed by atoms with van der Waals surface area (Å²) in [5, 5.41) is 2.36. The molecule has 1 amide bonds. The average molecular weight is 466 g/mol. The summed E-state index contributed by atoms with van der Waals surface area (Å²) >= 11 is 0. The highest BCUT2D eigenvalue weighted by atomic mass is 32.2. The molecule has 0 saturated heterocycles. The van der Waals surface area contributed by atoms with Crippen LogP contribution in [-0.2, 0) is 24.6 Å². The maximum Gasteiger partial charge on any atom is 0.501 e. The fourth-order valence-corrected chi connectivity index (χ4v) is 4.04. The van der Waals surface area contributed by atoms with E-state index in [4.69, 9.17) is 4.74 Å². The van der Waals surface area contributed by atoms with Gasteiger partial charge in [0.05, 0.1) is 16.4 Å². The smallest absolute Gasteiger partial charge is 0.383 e. The van der Waals surface area contributed by atoms with E-state index in [1.165, 1.54) is 25.3 Å². The lowest BCUT2D eigenvalue weighted by atomic mass is 10.2. The number of nitrogens with one attached hydrogen (secondary N) is 2. The summed E-state index contributed by atoms with van der Waals surface area (Å²) in [4.78, 5) is 11.2. The molecule has 2 aromatic carbocycles. The van der Waals surface area contributed by atoms with Crippen molar-refractivity contribution >= 4 is 31.5 Å². The summed E-state index contributed by atoms with van der Waals surface area (Å²) in [6.07, 6.45) is 0. The van der Waals surface area contributed by atoms with E-state index >= 15 is 0 Å². The zero-order chi connectivity index (χ0) is 22.6. The Kier molecular flexibility index (Phi) is 7.23. The first-order valence-electron chi connectivity index (χ1n) is 8.20. The molecule has 0 aromatic heterocycles. The number of benzene rings is 2. The highest BCUT2D eigenvalue weighted by Gasteiger charge is 2.46. The van der Waals surface area contributed by atoms with E-state index in [0.717, 1.165) is 18.2 Å². The first kappa shape index (κ1) is 23.8. The van der Waals surface area contributed by atoms with E-state index in [-0.39, 0.29) is 29.3 Å². The molecule has 30 heavy (non-hydrogen) atoms. The van der Waals surface area contributed by atoms with Crippen molar-refractivity contribution < 1.29 is 39.5 Å². The van der Waals surface area contributed by atoms with Crippen LogP contribution in [0.2, 0.25) is 0 Å². The second kappa shape index (κ2) is 9.12. The van der Waals surface area contributed by atoms with Gasteiger partial charge >= 0.3 is 5.51 Å². The number of carbonyl (C=O) groups excluding carboxylic acids is 1. The number of rotatable bonds is 8. The van der Waals surface area contributed by atoms with Crippen LogP contribution in [0, 0.1) is 0 Å². The van der Waals surface area contributed by atoms with E-state index in [0.29, 0.717) is 12.1 Å². The highest BCUT2D eigenvalue weighted by Crippen LogP contribution is 2.30. The second-order valence-electron chi connectivity index (χ2n) is 5.85. The van der Waals surface area contributed by atoms with Gasteiger partial charge in [-0.2, -0.15) is 13.2 Å². The lowest BCUT2D eigenvalue weighted by molar-refractivity contribution is -0.0436. The highest BCUT2D eigenvalue weighted by molar-refractivity contribution is 7.92. The van der Waals surface area contributed by atoms with Crippen molar-refractivity contribution in [3.05, 3.63) is 54.1 Å². The van der Waals surface area contributed by atoms with Crippen LogP contribution in [-0.4, -0.2) is 48.5 Å². The summed E-state index contributed by atoms with van der Waals surface area (Å²) in [5.41, 5.74) is -5.45. The Morgan fingerprint density at radius 2 is 1.63 bits per heavy atom. The molecule has 0 saturated carbocycles. The second-order valence-corrected chi connectivity index (χ2v) is 9.55. The minimum Gasteiger partial charge on any atom is -0.383 e. The number of ether oxygens (including phenoxy) is 1. The topological polar surface area (TPSA) is 119 Å². The molecule has 0 bridgehead atoms. The fourth-order valence-electron chi connectivity index (χ4n) is 2.22. The number of hydrogen-bond acceptors (Lipinski definition) is 6. The summed E-state index contributed by atoms with van der Waals surface area (Å²) in [6.45, 7) is 0.182. The molecule has 164 valence electrons. The summed E-state index contributed by atoms with van der Waals surface area (Å²) in [5.74, 6) is -0.740. The van der Waals surface area contributed by atoms with E-state index in [9.17, 15) is 34.8 Å². The van der Waals surface area contributed by atoms with Gasteiger partial charge in [0.25, 0.3) is 15.7 Å². The Morgan fingerprint density at radius 1 is 1.00 bits per heavy atom. The van der Waals surface area contributed by atoms with Crippen LogP contribution in [0.3, 0.4) is 0 Å². The Balaban J connectivity index is 2.17. The molecule has 13 heteroatoms. The minimum absolute atomic E-state index is 0.0209. The van der Waals surface area contributed by atoms with E-state index in [1.54, 1.807) is 0 Å². The number of methoxy groups -OCH3 is 1. The van der Waals surface area contributed by atoms with Gasteiger partial charge in [-0.15, -0.1) is 0 Å². The number of amides is 1. The number of carbonyl (C=O) groups is 1. The van der Waals surface area contributed by atoms with Gasteiger partial charge in [-0.1, -0.05) is 6.07 Å². The molecule has 0 fully saturated rings. The molecule has 2 aromatic rings. The number of anilines is 1. The molecular formula is C17H17F3N2O6S2. The van der Waals surface area contributed by atoms with E-state index < -0.39 is 36.2 Å². The molecule has 0 atom stereocenters. The molecular weight excluding hydrogens is 449 g/mol. The normalized spacial score (nSPS) is 12.5. The molecule has 0 heterocycles. The van der Waals surface area contributed by atoms with Crippen LogP contribution in [0.4, 0.5) is 18.9 Å². The van der Waals surface area contributed by atoms with Crippen molar-refractivity contribution in [3.63, 3.8) is 0 Å². The molecule has 0 unspecified atom stereocenters. The first-order chi connectivity index (χ1) is 13.9. The zero-order valence-corrected chi connectivity index (χ0v) is 17.1. The van der Waals surface area contributed by atoms with Crippen LogP contribution in [0.5, 0.6) is 0 Å². The van der Waals surface area contributed by atoms with Crippen molar-refractivity contribution in [2.24, 2.45) is 0 Å². The molecule has 0 spiro atoms. The van der Waals surface area contributed by atoms with Crippen molar-refractivity contribution in [2.75, 3.05) is 25.6 Å². The van der Waals surface area contributed by atoms with Crippen LogP contribution in [0.1, 0.15) is 10.4 Å². The monoisotopic (exact) mass is 466 g/mol. The van der Waals surface area contributed by atoms with E-state index in [1.807, 2.05) is 0 Å². The van der Waals surface area contributed by atoms with Crippen LogP contribution in [0.25, 0.3) is 0 Å². The average Bonchev–Trinajstić information content (AvgIpc) is 2.68. The van der Waals surface area contributed by atoms with Gasteiger partial charge in [0.1, 0.15) is 0 Å². The van der Waals surface area contributed by atoms with Gasteiger partial charge in [0, 0.05) is 24.9 Å². The Hall–Kier alpha value is -2.48. The molecule has 0 aliphatic heterocycles. The third-order valence-corrected chi connectivity index (χ3v) is 6.69. The molecule has 0 radical (unpaired) electrons. The predicted molar refractivity (Wildman–Crippen MR) is 101 cm³/mol. The van der Waals surface area contributed by atoms with Crippen LogP contribution < -0.4 is 10.0 Å². The number of sulfone groups is 1. The lowest BCUT2D eigenvalue weighted by Gasteiger charge is -2.10. The van der Waals surface area contributed by atoms with Crippen LogP contribution in [0.15, 0.2) is 58.3 Å². The Morgan fingerprint density at radius 3 is 2.20 bits per heavy atom. The standard InChI is InChI=1S/C17H17F3N2O6S2/c1-28-10-9-21-30(26,27)15-4-2-3-12(11-15)16(23)22-13-5-7-14(8-6-13)29(24,25)17(18,19)20/h2-8,11,21H,9-10H2,1H3,(H,22,23). The van der Waals surface area contributed by atoms with Gasteiger partial charge in [-0.25, -0.2) is 21.6 Å². The molecule has 0 aliphatic rings. The zero-order valence-electron chi connectivity index (χ0n) is 15.4. The van der Waals surface area contributed by atoms with Gasteiger partial charge in [-0.05, 0) is 42.5 Å². The maximum atomic E-state index is 12.6.